The number of fused-ring (bicyclic) bond motifs is 1. The minimum atomic E-state index is -0.474. The molecule has 1 fully saturated rings. The van der Waals surface area contributed by atoms with Crippen LogP contribution in [0.15, 0.2) is 48.9 Å². The largest absolute Gasteiger partial charge is 0.379 e. The Morgan fingerprint density at radius 1 is 1.22 bits per heavy atom. The van der Waals surface area contributed by atoms with E-state index in [2.05, 4.69) is 30.6 Å². The fraction of sp³-hybridized carbons (Fsp3) is 0.308. The second-order valence-electron chi connectivity index (χ2n) is 8.71. The highest BCUT2D eigenvalue weighted by Crippen LogP contribution is 2.24. The molecule has 4 heterocycles. The number of nitrogens with zero attached hydrogens (tertiary/aromatic N) is 4. The summed E-state index contributed by atoms with van der Waals surface area (Å²) in [6.45, 7) is 7.12. The Balaban J connectivity index is 0.000000245. The van der Waals surface area contributed by atoms with Gasteiger partial charge in [0.25, 0.3) is 5.91 Å². The van der Waals surface area contributed by atoms with Crippen molar-refractivity contribution in [3.8, 4) is 11.3 Å². The van der Waals surface area contributed by atoms with E-state index in [0.29, 0.717) is 11.2 Å². The molecule has 2 amide bonds. The average Bonchev–Trinajstić information content (AvgIpc) is 3.53. The molecule has 0 unspecified atom stereocenters. The number of benzene rings is 1. The van der Waals surface area contributed by atoms with Crippen LogP contribution in [0, 0.1) is 12.7 Å². The van der Waals surface area contributed by atoms with Crippen molar-refractivity contribution in [1.29, 1.82) is 0 Å². The van der Waals surface area contributed by atoms with Gasteiger partial charge in [0, 0.05) is 56.6 Å². The van der Waals surface area contributed by atoms with Gasteiger partial charge in [0.15, 0.2) is 0 Å². The minimum Gasteiger partial charge on any atom is -0.379 e. The molecule has 0 atom stereocenters. The SMILES string of the molecule is Cc1ccc(F)c(NC(=O)c2cnc3[nH]c(-c4cnn(C)c4)cc3c2)c1.O=CNCCN1CCOCC1. The zero-order valence-corrected chi connectivity index (χ0v) is 20.8. The third-order valence-electron chi connectivity index (χ3n) is 5.88. The molecule has 0 aliphatic carbocycles. The highest BCUT2D eigenvalue weighted by atomic mass is 19.1. The summed E-state index contributed by atoms with van der Waals surface area (Å²) in [7, 11) is 1.84. The van der Waals surface area contributed by atoms with Gasteiger partial charge >= 0.3 is 0 Å². The Bertz CT molecular complexity index is 1360. The smallest absolute Gasteiger partial charge is 0.257 e. The number of carbonyl (C=O) groups excluding carboxylic acids is 2. The highest BCUT2D eigenvalue weighted by molar-refractivity contribution is 6.06. The highest BCUT2D eigenvalue weighted by Gasteiger charge is 2.13. The van der Waals surface area contributed by atoms with E-state index in [1.807, 2.05) is 26.2 Å². The monoisotopic (exact) mass is 507 g/mol. The second-order valence-corrected chi connectivity index (χ2v) is 8.71. The molecule has 0 spiro atoms. The number of aryl methyl sites for hydroxylation is 2. The Morgan fingerprint density at radius 2 is 2.03 bits per heavy atom. The number of hydrogen-bond acceptors (Lipinski definition) is 6. The number of aromatic amines is 1. The lowest BCUT2D eigenvalue weighted by atomic mass is 10.2. The van der Waals surface area contributed by atoms with Crippen molar-refractivity contribution in [2.24, 2.45) is 7.05 Å². The molecule has 10 nitrogen and oxygen atoms in total. The van der Waals surface area contributed by atoms with Crippen LogP contribution in [0.2, 0.25) is 0 Å². The first-order valence-corrected chi connectivity index (χ1v) is 12.0. The molecule has 194 valence electrons. The lowest BCUT2D eigenvalue weighted by Gasteiger charge is -2.26. The first-order chi connectivity index (χ1) is 17.9. The zero-order chi connectivity index (χ0) is 26.2. The van der Waals surface area contributed by atoms with Crippen molar-refractivity contribution in [3.63, 3.8) is 0 Å². The molecule has 37 heavy (non-hydrogen) atoms. The van der Waals surface area contributed by atoms with Crippen molar-refractivity contribution in [3.05, 3.63) is 65.9 Å². The number of rotatable bonds is 7. The van der Waals surface area contributed by atoms with Crippen molar-refractivity contribution >= 4 is 29.0 Å². The summed E-state index contributed by atoms with van der Waals surface area (Å²) in [4.78, 5) is 32.1. The van der Waals surface area contributed by atoms with Crippen LogP contribution >= 0.6 is 0 Å². The van der Waals surface area contributed by atoms with Crippen molar-refractivity contribution < 1.29 is 18.7 Å². The van der Waals surface area contributed by atoms with E-state index < -0.39 is 11.7 Å². The maximum absolute atomic E-state index is 13.8. The van der Waals surface area contributed by atoms with Gasteiger partial charge in [-0.25, -0.2) is 9.37 Å². The summed E-state index contributed by atoms with van der Waals surface area (Å²) in [6.07, 6.45) is 5.84. The molecule has 0 saturated carbocycles. The third kappa shape index (κ3) is 6.99. The zero-order valence-electron chi connectivity index (χ0n) is 20.8. The topological polar surface area (TPSA) is 117 Å². The first-order valence-electron chi connectivity index (χ1n) is 12.0. The number of halogens is 1. The maximum Gasteiger partial charge on any atom is 0.257 e. The van der Waals surface area contributed by atoms with Crippen LogP contribution in [0.25, 0.3) is 22.3 Å². The van der Waals surface area contributed by atoms with E-state index in [0.717, 1.165) is 68.0 Å². The van der Waals surface area contributed by atoms with Crippen molar-refractivity contribution in [2.45, 2.75) is 6.92 Å². The van der Waals surface area contributed by atoms with Gasteiger partial charge < -0.3 is 20.4 Å². The van der Waals surface area contributed by atoms with Gasteiger partial charge in [0.1, 0.15) is 11.5 Å². The van der Waals surface area contributed by atoms with Crippen LogP contribution < -0.4 is 10.6 Å². The van der Waals surface area contributed by atoms with Gasteiger partial charge in [-0.05, 0) is 36.8 Å². The van der Waals surface area contributed by atoms with Crippen LogP contribution in [0.1, 0.15) is 15.9 Å². The van der Waals surface area contributed by atoms with Crippen LogP contribution in [-0.2, 0) is 16.6 Å². The Kier molecular flexibility index (Phi) is 8.60. The molecule has 5 rings (SSSR count). The Labute approximate surface area is 213 Å². The van der Waals surface area contributed by atoms with Gasteiger partial charge in [0.05, 0.1) is 36.4 Å². The summed E-state index contributed by atoms with van der Waals surface area (Å²) in [6, 6.07) is 8.21. The summed E-state index contributed by atoms with van der Waals surface area (Å²) in [5, 5.41) is 10.2. The molecule has 11 heteroatoms. The second kappa shape index (κ2) is 12.2. The normalized spacial score (nSPS) is 13.6. The third-order valence-corrected chi connectivity index (χ3v) is 5.88. The van der Waals surface area contributed by atoms with Gasteiger partial charge in [-0.1, -0.05) is 6.07 Å². The number of anilines is 1. The summed E-state index contributed by atoms with van der Waals surface area (Å²) < 4.78 is 20.7. The summed E-state index contributed by atoms with van der Waals surface area (Å²) in [5.41, 5.74) is 3.83. The fourth-order valence-electron chi connectivity index (χ4n) is 3.89. The Hall–Kier alpha value is -4.09. The lowest BCUT2D eigenvalue weighted by molar-refractivity contribution is -0.109. The van der Waals surface area contributed by atoms with E-state index in [-0.39, 0.29) is 5.69 Å². The summed E-state index contributed by atoms with van der Waals surface area (Å²) in [5.74, 6) is -0.883. The van der Waals surface area contributed by atoms with Gasteiger partial charge in [0.2, 0.25) is 6.41 Å². The molecule has 1 saturated heterocycles. The van der Waals surface area contributed by atoms with E-state index in [1.165, 1.54) is 12.3 Å². The molecule has 0 radical (unpaired) electrons. The molecule has 0 bridgehead atoms. The Morgan fingerprint density at radius 3 is 2.76 bits per heavy atom. The molecule has 1 aliphatic heterocycles. The molecular weight excluding hydrogens is 477 g/mol. The van der Waals surface area contributed by atoms with Crippen molar-refractivity contribution in [1.82, 2.24) is 30.0 Å². The molecular formula is C26H30FN7O3. The van der Waals surface area contributed by atoms with Gasteiger partial charge in [-0.2, -0.15) is 5.10 Å². The molecule has 3 aromatic heterocycles. The van der Waals surface area contributed by atoms with Crippen LogP contribution in [-0.4, -0.2) is 76.4 Å². The van der Waals surface area contributed by atoms with Crippen LogP contribution in [0.5, 0.6) is 0 Å². The number of pyridine rings is 1. The van der Waals surface area contributed by atoms with Gasteiger partial charge in [-0.15, -0.1) is 0 Å². The first kappa shape index (κ1) is 26.0. The summed E-state index contributed by atoms with van der Waals surface area (Å²) >= 11 is 0. The molecule has 1 aromatic carbocycles. The predicted octanol–water partition coefficient (Wildman–Crippen LogP) is 2.73. The van der Waals surface area contributed by atoms with Crippen molar-refractivity contribution in [2.75, 3.05) is 44.7 Å². The number of amides is 2. The van der Waals surface area contributed by atoms with Crippen LogP contribution in [0.4, 0.5) is 10.1 Å². The van der Waals surface area contributed by atoms with E-state index >= 15 is 0 Å². The number of hydrogen-bond donors (Lipinski definition) is 3. The number of nitrogens with one attached hydrogen (secondary N) is 3. The molecule has 3 N–H and O–H groups in total. The minimum absolute atomic E-state index is 0.153. The molecule has 4 aromatic rings. The number of morpholine rings is 1. The number of carbonyl (C=O) groups is 2. The number of ether oxygens (including phenoxy) is 1. The molecule has 1 aliphatic rings. The predicted molar refractivity (Wildman–Crippen MR) is 139 cm³/mol. The van der Waals surface area contributed by atoms with Crippen LogP contribution in [0.3, 0.4) is 0 Å². The number of H-pyrrole nitrogens is 1. The lowest BCUT2D eigenvalue weighted by Crippen LogP contribution is -2.40. The maximum atomic E-state index is 13.8. The van der Waals surface area contributed by atoms with Gasteiger partial charge in [-0.3, -0.25) is 19.2 Å². The van der Waals surface area contributed by atoms with E-state index in [9.17, 15) is 14.0 Å². The van der Waals surface area contributed by atoms with E-state index in [1.54, 1.807) is 29.1 Å². The standard InChI is InChI=1S/C19H16FN5O.C7H14N2O2/c1-11-3-4-15(20)17(5-11)24-19(26)13-6-12-7-16(23-18(12)21-8-13)14-9-22-25(2)10-14;10-7-8-1-2-9-3-5-11-6-4-9/h3-10H,1-2H3,(H,21,23)(H,24,26);7H,1-6H2,(H,8,10). The van der Waals surface area contributed by atoms with E-state index in [4.69, 9.17) is 4.74 Å². The quantitative estimate of drug-likeness (QED) is 0.262. The average molecular weight is 508 g/mol. The fourth-order valence-corrected chi connectivity index (χ4v) is 3.89. The number of aromatic nitrogens is 4.